The third kappa shape index (κ3) is 5.36. The number of sulfonamides is 1. The van der Waals surface area contributed by atoms with Crippen molar-refractivity contribution in [3.8, 4) is 0 Å². The van der Waals surface area contributed by atoms with Crippen molar-refractivity contribution in [3.05, 3.63) is 29.8 Å². The molecule has 146 valence electrons. The predicted octanol–water partition coefficient (Wildman–Crippen LogP) is 3.12. The number of hydrogen-bond acceptors (Lipinski definition) is 3. The summed E-state index contributed by atoms with van der Waals surface area (Å²) in [6.07, 6.45) is -1.93. The van der Waals surface area contributed by atoms with Crippen molar-refractivity contribution in [2.24, 2.45) is 5.92 Å². The molecule has 1 aromatic carbocycles. The number of likely N-dealkylation sites (tertiary alicyclic amines) is 1. The molecule has 0 radical (unpaired) electrons. The minimum Gasteiger partial charge on any atom is -0.343 e. The van der Waals surface area contributed by atoms with Crippen molar-refractivity contribution in [2.75, 3.05) is 30.2 Å². The van der Waals surface area contributed by atoms with Crippen LogP contribution in [-0.2, 0) is 21.0 Å². The van der Waals surface area contributed by atoms with Crippen LogP contribution in [0, 0.1) is 5.92 Å². The van der Waals surface area contributed by atoms with Gasteiger partial charge in [0, 0.05) is 26.1 Å². The maximum absolute atomic E-state index is 12.9. The summed E-state index contributed by atoms with van der Waals surface area (Å²) < 4.78 is 63.6. The molecule has 1 aliphatic heterocycles. The van der Waals surface area contributed by atoms with Crippen LogP contribution in [0.5, 0.6) is 0 Å². The van der Waals surface area contributed by atoms with Gasteiger partial charge in [-0.1, -0.05) is 13.0 Å². The molecule has 1 aromatic rings. The quantitative estimate of drug-likeness (QED) is 0.774. The average Bonchev–Trinajstić information content (AvgIpc) is 2.54. The number of anilines is 1. The molecule has 1 saturated heterocycles. The molecule has 0 bridgehead atoms. The van der Waals surface area contributed by atoms with E-state index in [1.807, 2.05) is 0 Å². The van der Waals surface area contributed by atoms with Gasteiger partial charge in [0.2, 0.25) is 15.9 Å². The van der Waals surface area contributed by atoms with Gasteiger partial charge in [-0.15, -0.1) is 0 Å². The third-order valence-electron chi connectivity index (χ3n) is 4.53. The molecule has 1 aliphatic rings. The first-order valence-corrected chi connectivity index (χ1v) is 10.3. The first-order valence-electron chi connectivity index (χ1n) is 8.41. The van der Waals surface area contributed by atoms with Crippen LogP contribution >= 0.6 is 0 Å². The number of hydrogen-bond donors (Lipinski definition) is 0. The van der Waals surface area contributed by atoms with Crippen LogP contribution in [0.2, 0.25) is 0 Å². The van der Waals surface area contributed by atoms with E-state index in [4.69, 9.17) is 0 Å². The average molecular weight is 392 g/mol. The molecular weight excluding hydrogens is 369 g/mol. The van der Waals surface area contributed by atoms with Crippen molar-refractivity contribution >= 4 is 21.6 Å². The zero-order valence-electron chi connectivity index (χ0n) is 14.8. The predicted molar refractivity (Wildman–Crippen MR) is 93.2 cm³/mol. The lowest BCUT2D eigenvalue weighted by atomic mass is 9.99. The summed E-state index contributed by atoms with van der Waals surface area (Å²) in [6, 6.07) is 4.12. The minimum atomic E-state index is -4.57. The molecular formula is C17H23F3N2O3S. The van der Waals surface area contributed by atoms with Gasteiger partial charge < -0.3 is 4.90 Å². The van der Waals surface area contributed by atoms with E-state index in [2.05, 4.69) is 6.92 Å². The molecule has 0 unspecified atom stereocenters. The van der Waals surface area contributed by atoms with Crippen LogP contribution < -0.4 is 4.31 Å². The monoisotopic (exact) mass is 392 g/mol. The molecule has 0 atom stereocenters. The fourth-order valence-corrected chi connectivity index (χ4v) is 3.86. The van der Waals surface area contributed by atoms with Gasteiger partial charge in [-0.2, -0.15) is 13.2 Å². The molecule has 0 saturated carbocycles. The van der Waals surface area contributed by atoms with Crippen molar-refractivity contribution in [1.29, 1.82) is 0 Å². The summed E-state index contributed by atoms with van der Waals surface area (Å²) in [6.45, 7) is 3.18. The van der Waals surface area contributed by atoms with E-state index < -0.39 is 21.8 Å². The Balaban J connectivity index is 2.13. The smallest absolute Gasteiger partial charge is 0.343 e. The number of nitrogens with zero attached hydrogens (tertiary/aromatic N) is 2. The Morgan fingerprint density at radius 2 is 1.88 bits per heavy atom. The van der Waals surface area contributed by atoms with Gasteiger partial charge >= 0.3 is 6.18 Å². The Labute approximate surface area is 151 Å². The lowest BCUT2D eigenvalue weighted by Crippen LogP contribution is -2.40. The van der Waals surface area contributed by atoms with Gasteiger partial charge in [0.05, 0.1) is 17.5 Å². The maximum Gasteiger partial charge on any atom is 0.416 e. The molecule has 1 heterocycles. The first kappa shape index (κ1) is 20.5. The van der Waals surface area contributed by atoms with Crippen LogP contribution in [0.3, 0.4) is 0 Å². The molecule has 2 rings (SSSR count). The van der Waals surface area contributed by atoms with E-state index in [1.165, 1.54) is 6.07 Å². The summed E-state index contributed by atoms with van der Waals surface area (Å²) in [5.41, 5.74) is -1.03. The Morgan fingerprint density at radius 3 is 2.42 bits per heavy atom. The highest BCUT2D eigenvalue weighted by Crippen LogP contribution is 2.32. The SMILES string of the molecule is CC1CCN(C(=O)CCN(c2cccc(C(F)(F)F)c2)S(C)(=O)=O)CC1. The van der Waals surface area contributed by atoms with Gasteiger partial charge in [-0.25, -0.2) is 8.42 Å². The molecule has 0 aromatic heterocycles. The van der Waals surface area contributed by atoms with Crippen molar-refractivity contribution in [1.82, 2.24) is 4.90 Å². The summed E-state index contributed by atoms with van der Waals surface area (Å²) >= 11 is 0. The highest BCUT2D eigenvalue weighted by atomic mass is 32.2. The van der Waals surface area contributed by atoms with E-state index >= 15 is 0 Å². The molecule has 0 spiro atoms. The largest absolute Gasteiger partial charge is 0.416 e. The summed E-state index contributed by atoms with van der Waals surface area (Å²) in [5.74, 6) is 0.370. The second kappa shape index (κ2) is 7.85. The van der Waals surface area contributed by atoms with Crippen molar-refractivity contribution in [3.63, 3.8) is 0 Å². The van der Waals surface area contributed by atoms with Crippen LogP contribution in [0.1, 0.15) is 31.7 Å². The van der Waals surface area contributed by atoms with Gasteiger partial charge in [0.25, 0.3) is 0 Å². The van der Waals surface area contributed by atoms with E-state index in [0.29, 0.717) is 19.0 Å². The third-order valence-corrected chi connectivity index (χ3v) is 5.72. The van der Waals surface area contributed by atoms with E-state index in [1.54, 1.807) is 4.90 Å². The highest BCUT2D eigenvalue weighted by Gasteiger charge is 2.31. The number of rotatable bonds is 5. The van der Waals surface area contributed by atoms with Gasteiger partial charge in [-0.05, 0) is 37.0 Å². The van der Waals surface area contributed by atoms with Gasteiger partial charge in [0.15, 0.2) is 0 Å². The van der Waals surface area contributed by atoms with Gasteiger partial charge in [0.1, 0.15) is 0 Å². The van der Waals surface area contributed by atoms with Crippen LogP contribution in [-0.4, -0.2) is 45.1 Å². The zero-order valence-corrected chi connectivity index (χ0v) is 15.6. The molecule has 9 heteroatoms. The number of alkyl halides is 3. The van der Waals surface area contributed by atoms with Crippen LogP contribution in [0.15, 0.2) is 24.3 Å². The molecule has 1 fully saturated rings. The molecule has 26 heavy (non-hydrogen) atoms. The summed E-state index contributed by atoms with van der Waals surface area (Å²) in [4.78, 5) is 14.0. The fourth-order valence-electron chi connectivity index (χ4n) is 2.94. The number of halogens is 3. The number of carbonyl (C=O) groups excluding carboxylic acids is 1. The van der Waals surface area contributed by atoms with E-state index in [-0.39, 0.29) is 24.6 Å². The second-order valence-electron chi connectivity index (χ2n) is 6.70. The molecule has 1 amide bonds. The van der Waals surface area contributed by atoms with E-state index in [9.17, 15) is 26.4 Å². The Bertz CT molecular complexity index is 742. The Morgan fingerprint density at radius 1 is 1.27 bits per heavy atom. The fraction of sp³-hybridized carbons (Fsp3) is 0.588. The lowest BCUT2D eigenvalue weighted by molar-refractivity contribution is -0.137. The minimum absolute atomic E-state index is 0.0717. The number of piperidine rings is 1. The molecule has 0 N–H and O–H groups in total. The summed E-state index contributed by atoms with van der Waals surface area (Å²) in [7, 11) is -3.82. The maximum atomic E-state index is 12.9. The first-order chi connectivity index (χ1) is 12.0. The second-order valence-corrected chi connectivity index (χ2v) is 8.60. The Hall–Kier alpha value is -1.77. The highest BCUT2D eigenvalue weighted by molar-refractivity contribution is 7.92. The molecule has 0 aliphatic carbocycles. The van der Waals surface area contributed by atoms with Crippen LogP contribution in [0.25, 0.3) is 0 Å². The summed E-state index contributed by atoms with van der Waals surface area (Å²) in [5, 5.41) is 0. The van der Waals surface area contributed by atoms with Gasteiger partial charge in [-0.3, -0.25) is 9.10 Å². The zero-order chi connectivity index (χ0) is 19.5. The standard InChI is InChI=1S/C17H23F3N2O3S/c1-13-6-9-21(10-7-13)16(23)8-11-22(26(2,24)25)15-5-3-4-14(12-15)17(18,19)20/h3-5,12-13H,6-11H2,1-2H3. The molecule has 5 nitrogen and oxygen atoms in total. The van der Waals surface area contributed by atoms with Crippen molar-refractivity contribution in [2.45, 2.75) is 32.4 Å². The van der Waals surface area contributed by atoms with Crippen molar-refractivity contribution < 1.29 is 26.4 Å². The number of carbonyl (C=O) groups is 1. The van der Waals surface area contributed by atoms with E-state index in [0.717, 1.165) is 41.6 Å². The number of benzene rings is 1. The normalized spacial score (nSPS) is 16.6. The van der Waals surface area contributed by atoms with Crippen LogP contribution in [0.4, 0.5) is 18.9 Å². The lowest BCUT2D eigenvalue weighted by Gasteiger charge is -2.31. The number of amides is 1. The topological polar surface area (TPSA) is 57.7 Å². The Kier molecular flexibility index (Phi) is 6.21.